The quantitative estimate of drug-likeness (QED) is 0.497. The van der Waals surface area contributed by atoms with Crippen molar-refractivity contribution in [2.45, 2.75) is 77.2 Å². The standard InChI is InChI=1S/C26H39Cl2N3O5S/c1-25(2,3)36-24(34)31-12-9-17(15-31)23(33)30-10-7-16(8-11-30)22(29-37(35)26(4,5)6)18-13-19(27)20(28)14-21(18)32/h13-14,16-17,22,29,32H,7-12,15H2,1-6H3/t17-,22+,37-/m0/s1. The van der Waals surface area contributed by atoms with E-state index in [1.165, 1.54) is 6.07 Å². The lowest BCUT2D eigenvalue weighted by atomic mass is 9.85. The molecule has 208 valence electrons. The van der Waals surface area contributed by atoms with Gasteiger partial charge in [0.05, 0.1) is 37.7 Å². The van der Waals surface area contributed by atoms with Gasteiger partial charge in [0, 0.05) is 37.8 Å². The summed E-state index contributed by atoms with van der Waals surface area (Å²) in [5.74, 6) is -0.194. The van der Waals surface area contributed by atoms with E-state index in [2.05, 4.69) is 4.72 Å². The maximum atomic E-state index is 13.3. The van der Waals surface area contributed by atoms with Crippen LogP contribution in [0.4, 0.5) is 4.79 Å². The van der Waals surface area contributed by atoms with Gasteiger partial charge in [0.25, 0.3) is 0 Å². The van der Waals surface area contributed by atoms with E-state index in [-0.39, 0.29) is 34.6 Å². The van der Waals surface area contributed by atoms with Crippen molar-refractivity contribution >= 4 is 46.2 Å². The van der Waals surface area contributed by atoms with Gasteiger partial charge in [0.15, 0.2) is 0 Å². The van der Waals surface area contributed by atoms with Crippen LogP contribution in [0.5, 0.6) is 5.75 Å². The number of nitrogens with one attached hydrogen (secondary N) is 1. The summed E-state index contributed by atoms with van der Waals surface area (Å²) in [6.45, 7) is 13.0. The molecule has 2 fully saturated rings. The van der Waals surface area contributed by atoms with Crippen LogP contribution in [0.1, 0.15) is 72.4 Å². The van der Waals surface area contributed by atoms with E-state index in [9.17, 15) is 18.9 Å². The van der Waals surface area contributed by atoms with E-state index in [1.807, 2.05) is 46.4 Å². The summed E-state index contributed by atoms with van der Waals surface area (Å²) in [6.07, 6.45) is 1.55. The molecular weight excluding hydrogens is 537 g/mol. The maximum Gasteiger partial charge on any atom is 0.410 e. The van der Waals surface area contributed by atoms with Crippen LogP contribution >= 0.6 is 23.2 Å². The number of hydrogen-bond acceptors (Lipinski definition) is 5. The Morgan fingerprint density at radius 3 is 2.16 bits per heavy atom. The number of phenols is 1. The molecule has 0 saturated carbocycles. The van der Waals surface area contributed by atoms with Gasteiger partial charge in [0.2, 0.25) is 5.91 Å². The van der Waals surface area contributed by atoms with Crippen molar-refractivity contribution < 1.29 is 23.6 Å². The zero-order chi connectivity index (χ0) is 27.7. The van der Waals surface area contributed by atoms with Crippen LogP contribution in [0.25, 0.3) is 0 Å². The lowest BCUT2D eigenvalue weighted by Gasteiger charge is -2.38. The highest BCUT2D eigenvalue weighted by Crippen LogP contribution is 2.40. The minimum atomic E-state index is -1.39. The molecule has 2 heterocycles. The van der Waals surface area contributed by atoms with Crippen LogP contribution in [-0.4, -0.2) is 67.6 Å². The zero-order valence-corrected chi connectivity index (χ0v) is 24.8. The Bertz CT molecular complexity index is 1030. The summed E-state index contributed by atoms with van der Waals surface area (Å²) < 4.78 is 21.2. The van der Waals surface area contributed by atoms with Crippen molar-refractivity contribution in [3.63, 3.8) is 0 Å². The lowest BCUT2D eigenvalue weighted by molar-refractivity contribution is -0.136. The number of carbonyl (C=O) groups is 2. The second-order valence-electron chi connectivity index (χ2n) is 11.9. The molecular formula is C26H39Cl2N3O5S. The van der Waals surface area contributed by atoms with Crippen LogP contribution in [-0.2, 0) is 20.5 Å². The fourth-order valence-corrected chi connectivity index (χ4v) is 5.91. The first kappa shape index (κ1) is 30.0. The van der Waals surface area contributed by atoms with Crippen molar-refractivity contribution in [1.29, 1.82) is 0 Å². The van der Waals surface area contributed by atoms with Crippen LogP contribution in [0.2, 0.25) is 10.0 Å². The zero-order valence-electron chi connectivity index (χ0n) is 22.5. The van der Waals surface area contributed by atoms with Crippen LogP contribution in [0.15, 0.2) is 12.1 Å². The van der Waals surface area contributed by atoms with Crippen molar-refractivity contribution in [2.24, 2.45) is 11.8 Å². The third-order valence-corrected chi connectivity index (χ3v) is 9.01. The number of rotatable bonds is 5. The SMILES string of the molecule is CC(C)(C)OC(=O)N1CC[C@H](C(=O)N2CCC([C@@H](N[S@@](=O)C(C)(C)C)c3cc(Cl)c(Cl)cc3O)CC2)C1. The molecule has 0 spiro atoms. The third-order valence-electron chi connectivity index (χ3n) is 6.71. The summed E-state index contributed by atoms with van der Waals surface area (Å²) in [4.78, 5) is 29.1. The Labute approximate surface area is 232 Å². The highest BCUT2D eigenvalue weighted by atomic mass is 35.5. The molecule has 8 nitrogen and oxygen atoms in total. The first-order valence-electron chi connectivity index (χ1n) is 12.7. The molecule has 1 aromatic carbocycles. The van der Waals surface area contributed by atoms with Gasteiger partial charge in [-0.05, 0) is 72.8 Å². The molecule has 0 aromatic heterocycles. The predicted molar refractivity (Wildman–Crippen MR) is 147 cm³/mol. The Hall–Kier alpha value is -1.55. The highest BCUT2D eigenvalue weighted by Gasteiger charge is 2.38. The minimum absolute atomic E-state index is 0.00972. The summed E-state index contributed by atoms with van der Waals surface area (Å²) in [5.41, 5.74) is -0.0361. The van der Waals surface area contributed by atoms with E-state index in [4.69, 9.17) is 27.9 Å². The number of ether oxygens (including phenoxy) is 1. The molecule has 11 heteroatoms. The number of benzene rings is 1. The van der Waals surface area contributed by atoms with Crippen molar-refractivity contribution in [3.8, 4) is 5.75 Å². The summed E-state index contributed by atoms with van der Waals surface area (Å²) in [6, 6.07) is 2.60. The molecule has 2 aliphatic heterocycles. The fraction of sp³-hybridized carbons (Fsp3) is 0.692. The summed E-state index contributed by atoms with van der Waals surface area (Å²) in [5, 5.41) is 11.2. The molecule has 0 unspecified atom stereocenters. The van der Waals surface area contributed by atoms with E-state index < -0.39 is 27.4 Å². The Balaban J connectivity index is 1.68. The monoisotopic (exact) mass is 575 g/mol. The molecule has 0 radical (unpaired) electrons. The molecule has 3 rings (SSSR count). The molecule has 0 bridgehead atoms. The Morgan fingerprint density at radius 1 is 1.03 bits per heavy atom. The first-order chi connectivity index (χ1) is 17.1. The van der Waals surface area contributed by atoms with Gasteiger partial charge in [-0.2, -0.15) is 0 Å². The number of piperidine rings is 1. The molecule has 2 aliphatic rings. The lowest BCUT2D eigenvalue weighted by Crippen LogP contribution is -2.46. The van der Waals surface area contributed by atoms with Gasteiger partial charge in [-0.1, -0.05) is 23.2 Å². The van der Waals surface area contributed by atoms with E-state index in [0.29, 0.717) is 56.0 Å². The number of hydrogen-bond donors (Lipinski definition) is 2. The number of likely N-dealkylation sites (tertiary alicyclic amines) is 2. The summed E-state index contributed by atoms with van der Waals surface area (Å²) in [7, 11) is -1.39. The number of carbonyl (C=O) groups excluding carboxylic acids is 2. The number of nitrogens with zero attached hydrogens (tertiary/aromatic N) is 2. The highest BCUT2D eigenvalue weighted by molar-refractivity contribution is 7.84. The topological polar surface area (TPSA) is 99.2 Å². The van der Waals surface area contributed by atoms with E-state index >= 15 is 0 Å². The average molecular weight is 577 g/mol. The van der Waals surface area contributed by atoms with Gasteiger partial charge in [0.1, 0.15) is 11.4 Å². The van der Waals surface area contributed by atoms with Crippen molar-refractivity contribution in [2.75, 3.05) is 26.2 Å². The van der Waals surface area contributed by atoms with Crippen LogP contribution < -0.4 is 4.72 Å². The third kappa shape index (κ3) is 7.74. The normalized spacial score (nSPS) is 21.1. The molecule has 1 aromatic rings. The largest absolute Gasteiger partial charge is 0.508 e. The average Bonchev–Trinajstić information content (AvgIpc) is 3.28. The van der Waals surface area contributed by atoms with Crippen molar-refractivity contribution in [3.05, 3.63) is 27.7 Å². The van der Waals surface area contributed by atoms with Crippen LogP contribution in [0, 0.1) is 11.8 Å². The second-order valence-corrected chi connectivity index (χ2v) is 14.7. The Kier molecular flexibility index (Phi) is 9.47. The van der Waals surface area contributed by atoms with Gasteiger partial charge in [-0.15, -0.1) is 0 Å². The Morgan fingerprint density at radius 2 is 1.59 bits per heavy atom. The number of phenolic OH excluding ortho intramolecular Hbond substituents is 1. The van der Waals surface area contributed by atoms with Crippen molar-refractivity contribution in [1.82, 2.24) is 14.5 Å². The molecule has 2 saturated heterocycles. The molecule has 0 aliphatic carbocycles. The molecule has 2 amide bonds. The van der Waals surface area contributed by atoms with Gasteiger partial charge < -0.3 is 19.6 Å². The predicted octanol–water partition coefficient (Wildman–Crippen LogP) is 5.29. The van der Waals surface area contributed by atoms with E-state index in [0.717, 1.165) is 0 Å². The van der Waals surface area contributed by atoms with Gasteiger partial charge in [-0.3, -0.25) is 4.79 Å². The molecule has 37 heavy (non-hydrogen) atoms. The summed E-state index contributed by atoms with van der Waals surface area (Å²) >= 11 is 12.3. The van der Waals surface area contributed by atoms with Gasteiger partial charge >= 0.3 is 6.09 Å². The smallest absolute Gasteiger partial charge is 0.410 e. The number of amides is 2. The van der Waals surface area contributed by atoms with E-state index in [1.54, 1.807) is 11.0 Å². The molecule has 3 atom stereocenters. The number of aromatic hydroxyl groups is 1. The second kappa shape index (κ2) is 11.7. The minimum Gasteiger partial charge on any atom is -0.508 e. The fourth-order valence-electron chi connectivity index (χ4n) is 4.67. The van der Waals surface area contributed by atoms with Crippen LogP contribution in [0.3, 0.4) is 0 Å². The van der Waals surface area contributed by atoms with Gasteiger partial charge in [-0.25, -0.2) is 13.7 Å². The number of halogens is 2. The molecule has 2 N–H and O–H groups in total. The maximum absolute atomic E-state index is 13.3. The first-order valence-corrected chi connectivity index (χ1v) is 14.6.